The van der Waals surface area contributed by atoms with E-state index in [-0.39, 0.29) is 29.6 Å². The Labute approximate surface area is 164 Å². The van der Waals surface area contributed by atoms with E-state index in [4.69, 9.17) is 9.73 Å². The molecule has 1 N–H and O–H groups in total. The molecule has 24 heavy (non-hydrogen) atoms. The summed E-state index contributed by atoms with van der Waals surface area (Å²) >= 11 is 0. The van der Waals surface area contributed by atoms with Crippen LogP contribution in [0.5, 0.6) is 0 Å². The number of hydrogen-bond acceptors (Lipinski definition) is 2. The predicted octanol–water partition coefficient (Wildman–Crippen LogP) is 4.18. The monoisotopic (exact) mass is 445 g/mol. The number of nitrogens with zero attached hydrogens (tertiary/aromatic N) is 2. The molecule has 2 rings (SSSR count). The van der Waals surface area contributed by atoms with Gasteiger partial charge < -0.3 is 15.0 Å². The Bertz CT molecular complexity index is 520. The van der Waals surface area contributed by atoms with Gasteiger partial charge in [0.1, 0.15) is 0 Å². The molecule has 0 bridgehead atoms. The van der Waals surface area contributed by atoms with Gasteiger partial charge in [-0.25, -0.2) is 4.99 Å². The highest BCUT2D eigenvalue weighted by Gasteiger charge is 2.15. The summed E-state index contributed by atoms with van der Waals surface area (Å²) in [6, 6.07) is 8.54. The van der Waals surface area contributed by atoms with Crippen LogP contribution < -0.4 is 5.32 Å². The first kappa shape index (κ1) is 21.2. The molecular weight excluding hydrogens is 413 g/mol. The van der Waals surface area contributed by atoms with E-state index in [9.17, 15) is 0 Å². The van der Waals surface area contributed by atoms with E-state index in [1.54, 1.807) is 0 Å². The molecular formula is C19H32IN3O. The second kappa shape index (κ2) is 10.2. The summed E-state index contributed by atoms with van der Waals surface area (Å²) in [7, 11) is 0. The van der Waals surface area contributed by atoms with Gasteiger partial charge in [-0.2, -0.15) is 0 Å². The quantitative estimate of drug-likeness (QED) is 0.420. The third-order valence-electron chi connectivity index (χ3n) is 3.82. The van der Waals surface area contributed by atoms with Crippen molar-refractivity contribution in [1.29, 1.82) is 0 Å². The Morgan fingerprint density at radius 1 is 1.21 bits per heavy atom. The van der Waals surface area contributed by atoms with Gasteiger partial charge in [-0.05, 0) is 51.7 Å². The molecule has 1 saturated heterocycles. The smallest absolute Gasteiger partial charge is 0.194 e. The van der Waals surface area contributed by atoms with Crippen molar-refractivity contribution in [3.05, 3.63) is 35.4 Å². The van der Waals surface area contributed by atoms with Gasteiger partial charge in [-0.3, -0.25) is 0 Å². The maximum Gasteiger partial charge on any atom is 0.194 e. The lowest BCUT2D eigenvalue weighted by atomic mass is 10.1. The first-order valence-corrected chi connectivity index (χ1v) is 8.73. The number of ether oxygens (including phenoxy) is 1. The minimum absolute atomic E-state index is 0. The van der Waals surface area contributed by atoms with Gasteiger partial charge in [0, 0.05) is 19.6 Å². The zero-order valence-electron chi connectivity index (χ0n) is 15.5. The average Bonchev–Trinajstić information content (AvgIpc) is 3.03. The zero-order chi connectivity index (χ0) is 16.7. The zero-order valence-corrected chi connectivity index (χ0v) is 17.8. The van der Waals surface area contributed by atoms with E-state index in [1.807, 2.05) is 0 Å². The molecule has 0 atom stereocenters. The second-order valence-electron chi connectivity index (χ2n) is 7.09. The van der Waals surface area contributed by atoms with Gasteiger partial charge in [0.2, 0.25) is 0 Å². The van der Waals surface area contributed by atoms with E-state index < -0.39 is 0 Å². The largest absolute Gasteiger partial charge is 0.371 e. The van der Waals surface area contributed by atoms with Crippen molar-refractivity contribution in [2.45, 2.75) is 59.3 Å². The maximum absolute atomic E-state index is 5.86. The first-order valence-electron chi connectivity index (χ1n) is 8.73. The third kappa shape index (κ3) is 7.38. The molecule has 5 heteroatoms. The topological polar surface area (TPSA) is 36.9 Å². The molecule has 0 amide bonds. The highest BCUT2D eigenvalue weighted by molar-refractivity contribution is 14.0. The Balaban J connectivity index is 0.00000288. The highest BCUT2D eigenvalue weighted by Crippen LogP contribution is 2.14. The molecule has 1 aromatic rings. The molecule has 4 nitrogen and oxygen atoms in total. The Kier molecular flexibility index (Phi) is 9.05. The second-order valence-corrected chi connectivity index (χ2v) is 7.09. The van der Waals surface area contributed by atoms with Crippen LogP contribution in [0.4, 0.5) is 0 Å². The van der Waals surface area contributed by atoms with Crippen LogP contribution in [0.3, 0.4) is 0 Å². The predicted molar refractivity (Wildman–Crippen MR) is 112 cm³/mol. The fourth-order valence-electron chi connectivity index (χ4n) is 2.64. The van der Waals surface area contributed by atoms with Gasteiger partial charge in [0.05, 0.1) is 18.8 Å². The SMILES string of the molecule is CCNC(=NCc1cccc(COC(C)(C)C)c1)N1CCCC1.I. The lowest BCUT2D eigenvalue weighted by Crippen LogP contribution is -2.39. The number of likely N-dealkylation sites (tertiary alicyclic amines) is 1. The van der Waals surface area contributed by atoms with Crippen molar-refractivity contribution in [3.63, 3.8) is 0 Å². The molecule has 0 aromatic heterocycles. The summed E-state index contributed by atoms with van der Waals surface area (Å²) < 4.78 is 5.86. The minimum atomic E-state index is -0.109. The van der Waals surface area contributed by atoms with Gasteiger partial charge in [-0.15, -0.1) is 24.0 Å². The summed E-state index contributed by atoms with van der Waals surface area (Å²) in [6.45, 7) is 12.9. The standard InChI is InChI=1S/C19H31N3O.HI/c1-5-20-18(22-11-6-7-12-22)21-14-16-9-8-10-17(13-16)15-23-19(2,3)4;/h8-10,13H,5-7,11-12,14-15H2,1-4H3,(H,20,21);1H. The van der Waals surface area contributed by atoms with E-state index in [1.165, 1.54) is 24.0 Å². The molecule has 0 aliphatic carbocycles. The molecule has 1 fully saturated rings. The summed E-state index contributed by atoms with van der Waals surface area (Å²) in [5, 5.41) is 3.41. The fraction of sp³-hybridized carbons (Fsp3) is 0.632. The molecule has 0 radical (unpaired) electrons. The Morgan fingerprint density at radius 3 is 2.50 bits per heavy atom. The number of rotatable bonds is 5. The lowest BCUT2D eigenvalue weighted by Gasteiger charge is -2.21. The van der Waals surface area contributed by atoms with E-state index in [0.29, 0.717) is 13.2 Å². The minimum Gasteiger partial charge on any atom is -0.371 e. The normalized spacial score (nSPS) is 15.3. The fourth-order valence-corrected chi connectivity index (χ4v) is 2.64. The van der Waals surface area contributed by atoms with Crippen LogP contribution in [-0.2, 0) is 17.9 Å². The maximum atomic E-state index is 5.86. The van der Waals surface area contributed by atoms with Crippen molar-refractivity contribution >= 4 is 29.9 Å². The van der Waals surface area contributed by atoms with E-state index in [2.05, 4.69) is 62.2 Å². The molecule has 0 unspecified atom stereocenters. The Morgan fingerprint density at radius 2 is 1.88 bits per heavy atom. The number of hydrogen-bond donors (Lipinski definition) is 1. The third-order valence-corrected chi connectivity index (χ3v) is 3.82. The van der Waals surface area contributed by atoms with Crippen LogP contribution in [0.1, 0.15) is 51.7 Å². The Hall–Kier alpha value is -0.820. The lowest BCUT2D eigenvalue weighted by molar-refractivity contribution is -0.0149. The van der Waals surface area contributed by atoms with Crippen LogP contribution in [0.15, 0.2) is 29.3 Å². The van der Waals surface area contributed by atoms with Crippen LogP contribution in [0.2, 0.25) is 0 Å². The van der Waals surface area contributed by atoms with Crippen molar-refractivity contribution in [3.8, 4) is 0 Å². The number of benzene rings is 1. The molecule has 0 spiro atoms. The highest BCUT2D eigenvalue weighted by atomic mass is 127. The van der Waals surface area contributed by atoms with Crippen LogP contribution in [0.25, 0.3) is 0 Å². The van der Waals surface area contributed by atoms with Crippen molar-refractivity contribution in [2.75, 3.05) is 19.6 Å². The van der Waals surface area contributed by atoms with Crippen molar-refractivity contribution < 1.29 is 4.74 Å². The summed E-state index contributed by atoms with van der Waals surface area (Å²) in [6.07, 6.45) is 2.54. The summed E-state index contributed by atoms with van der Waals surface area (Å²) in [5.41, 5.74) is 2.33. The number of halogens is 1. The van der Waals surface area contributed by atoms with Crippen molar-refractivity contribution in [2.24, 2.45) is 4.99 Å². The van der Waals surface area contributed by atoms with Crippen LogP contribution in [-0.4, -0.2) is 36.1 Å². The van der Waals surface area contributed by atoms with Crippen LogP contribution in [0, 0.1) is 0 Å². The van der Waals surface area contributed by atoms with E-state index >= 15 is 0 Å². The number of guanidine groups is 1. The van der Waals surface area contributed by atoms with Gasteiger partial charge in [0.15, 0.2) is 5.96 Å². The van der Waals surface area contributed by atoms with Gasteiger partial charge in [-0.1, -0.05) is 24.3 Å². The molecule has 1 aliphatic heterocycles. The molecule has 1 aromatic carbocycles. The number of nitrogens with one attached hydrogen (secondary N) is 1. The van der Waals surface area contributed by atoms with Crippen LogP contribution >= 0.6 is 24.0 Å². The summed E-state index contributed by atoms with van der Waals surface area (Å²) in [4.78, 5) is 7.16. The van der Waals surface area contributed by atoms with E-state index in [0.717, 1.165) is 25.6 Å². The number of aliphatic imine (C=N–C) groups is 1. The van der Waals surface area contributed by atoms with Crippen molar-refractivity contribution in [1.82, 2.24) is 10.2 Å². The molecule has 136 valence electrons. The molecule has 0 saturated carbocycles. The molecule has 1 aliphatic rings. The summed E-state index contributed by atoms with van der Waals surface area (Å²) in [5.74, 6) is 1.04. The molecule has 1 heterocycles. The van der Waals surface area contributed by atoms with Gasteiger partial charge >= 0.3 is 0 Å². The first-order chi connectivity index (χ1) is 11.0. The van der Waals surface area contributed by atoms with Gasteiger partial charge in [0.25, 0.3) is 0 Å². The average molecular weight is 445 g/mol.